The molecule has 4 N–H and O–H groups in total. The second kappa shape index (κ2) is 6.37. The average molecular weight is 299 g/mol. The molecule has 0 saturated carbocycles. The van der Waals surface area contributed by atoms with Crippen molar-refractivity contribution in [2.45, 2.75) is 30.7 Å². The molecule has 8 nitrogen and oxygen atoms in total. The van der Waals surface area contributed by atoms with Crippen molar-refractivity contribution in [3.05, 3.63) is 30.3 Å². The zero-order valence-corrected chi connectivity index (χ0v) is 11.2. The third kappa shape index (κ3) is 3.31. The second-order valence-electron chi connectivity index (χ2n) is 4.67. The summed E-state index contributed by atoms with van der Waals surface area (Å²) in [5, 5.41) is 39.3. The molecule has 0 spiro atoms. The van der Waals surface area contributed by atoms with Crippen molar-refractivity contribution in [3.8, 4) is 0 Å². The van der Waals surface area contributed by atoms with E-state index >= 15 is 0 Å². The standard InChI is InChI=1S/C13H17NO7/c1-14(7-5-3-2-4-6-7)21-13-10(17)8(15)9(16)11(20-13)12(18)19/h2-6,8-11,13,15-17H,1H3,(H,18,19)/t8-,9-,10+,11-,13?/m0/s1. The minimum atomic E-state index is -1.74. The summed E-state index contributed by atoms with van der Waals surface area (Å²) in [6.07, 6.45) is -8.11. The number of carbonyl (C=O) groups is 1. The monoisotopic (exact) mass is 299 g/mol. The van der Waals surface area contributed by atoms with Crippen LogP contribution in [0.15, 0.2) is 30.3 Å². The van der Waals surface area contributed by atoms with Gasteiger partial charge in [0.1, 0.15) is 18.3 Å². The number of aliphatic hydroxyl groups is 3. The molecule has 0 aromatic heterocycles. The molecule has 0 radical (unpaired) electrons. The van der Waals surface area contributed by atoms with Gasteiger partial charge in [0.2, 0.25) is 6.29 Å². The molecule has 1 aliphatic heterocycles. The molecule has 0 amide bonds. The Morgan fingerprint density at radius 2 is 1.76 bits per heavy atom. The summed E-state index contributed by atoms with van der Waals surface area (Å²) >= 11 is 0. The van der Waals surface area contributed by atoms with Gasteiger partial charge >= 0.3 is 5.97 Å². The first-order chi connectivity index (χ1) is 9.91. The topological polar surface area (TPSA) is 120 Å². The maximum Gasteiger partial charge on any atom is 0.335 e. The molecule has 0 bridgehead atoms. The number of benzene rings is 1. The molecule has 1 aromatic carbocycles. The molecule has 5 atom stereocenters. The van der Waals surface area contributed by atoms with Crippen LogP contribution < -0.4 is 5.06 Å². The zero-order valence-electron chi connectivity index (χ0n) is 11.2. The van der Waals surface area contributed by atoms with Gasteiger partial charge in [0, 0.05) is 7.05 Å². The number of ether oxygens (including phenoxy) is 1. The third-order valence-electron chi connectivity index (χ3n) is 3.19. The van der Waals surface area contributed by atoms with Gasteiger partial charge < -0.3 is 25.2 Å². The number of aliphatic hydroxyl groups excluding tert-OH is 3. The molecule has 2 rings (SSSR count). The Kier molecular flexibility index (Phi) is 4.76. The Balaban J connectivity index is 2.09. The van der Waals surface area contributed by atoms with Gasteiger partial charge in [-0.25, -0.2) is 9.63 Å². The van der Waals surface area contributed by atoms with Crippen LogP contribution in [0.5, 0.6) is 0 Å². The summed E-state index contributed by atoms with van der Waals surface area (Å²) in [6.45, 7) is 0. The number of carboxylic acid groups (broad SMARTS) is 1. The summed E-state index contributed by atoms with van der Waals surface area (Å²) in [5.74, 6) is -1.45. The van der Waals surface area contributed by atoms with E-state index in [1.54, 1.807) is 31.3 Å². The Labute approximate surface area is 120 Å². The second-order valence-corrected chi connectivity index (χ2v) is 4.67. The zero-order chi connectivity index (χ0) is 15.6. The molecule has 1 unspecified atom stereocenters. The lowest BCUT2D eigenvalue weighted by Crippen LogP contribution is -2.61. The number of hydroxylamine groups is 1. The van der Waals surface area contributed by atoms with Crippen molar-refractivity contribution >= 4 is 11.7 Å². The van der Waals surface area contributed by atoms with Crippen molar-refractivity contribution in [2.75, 3.05) is 12.1 Å². The highest BCUT2D eigenvalue weighted by molar-refractivity contribution is 5.73. The lowest BCUT2D eigenvalue weighted by molar-refractivity contribution is -0.296. The average Bonchev–Trinajstić information content (AvgIpc) is 2.48. The number of para-hydroxylation sites is 1. The first kappa shape index (κ1) is 15.7. The number of aliphatic carboxylic acids is 1. The predicted molar refractivity (Wildman–Crippen MR) is 70.2 cm³/mol. The van der Waals surface area contributed by atoms with E-state index in [4.69, 9.17) is 14.7 Å². The fourth-order valence-electron chi connectivity index (χ4n) is 1.99. The summed E-state index contributed by atoms with van der Waals surface area (Å²) in [7, 11) is 1.54. The van der Waals surface area contributed by atoms with Crippen LogP contribution in [-0.4, -0.2) is 64.1 Å². The Bertz CT molecular complexity index is 483. The van der Waals surface area contributed by atoms with Crippen molar-refractivity contribution < 1.29 is 34.8 Å². The lowest BCUT2D eigenvalue weighted by atomic mass is 9.99. The van der Waals surface area contributed by atoms with Crippen LogP contribution in [0.4, 0.5) is 5.69 Å². The fourth-order valence-corrected chi connectivity index (χ4v) is 1.99. The number of anilines is 1. The highest BCUT2D eigenvalue weighted by Gasteiger charge is 2.48. The highest BCUT2D eigenvalue weighted by Crippen LogP contribution is 2.24. The van der Waals surface area contributed by atoms with Gasteiger partial charge in [-0.15, -0.1) is 0 Å². The molecule has 1 aromatic rings. The molecule has 116 valence electrons. The molecule has 21 heavy (non-hydrogen) atoms. The van der Waals surface area contributed by atoms with Crippen LogP contribution in [0.25, 0.3) is 0 Å². The van der Waals surface area contributed by atoms with Gasteiger partial charge in [-0.05, 0) is 12.1 Å². The minimum absolute atomic E-state index is 0.640. The largest absolute Gasteiger partial charge is 0.479 e. The maximum absolute atomic E-state index is 11.0. The van der Waals surface area contributed by atoms with Gasteiger partial charge in [-0.2, -0.15) is 0 Å². The van der Waals surface area contributed by atoms with Crippen LogP contribution in [-0.2, 0) is 14.4 Å². The normalized spacial score (nSPS) is 32.7. The van der Waals surface area contributed by atoms with Crippen LogP contribution in [0.2, 0.25) is 0 Å². The van der Waals surface area contributed by atoms with E-state index in [1.807, 2.05) is 6.07 Å². The van der Waals surface area contributed by atoms with Gasteiger partial charge in [0.05, 0.1) is 5.69 Å². The molecule has 1 saturated heterocycles. The molecule has 1 aliphatic rings. The smallest absolute Gasteiger partial charge is 0.335 e. The Hall–Kier alpha value is -1.71. The first-order valence-corrected chi connectivity index (χ1v) is 6.30. The number of nitrogens with zero attached hydrogens (tertiary/aromatic N) is 1. The van der Waals surface area contributed by atoms with Crippen LogP contribution in [0.3, 0.4) is 0 Å². The summed E-state index contributed by atoms with van der Waals surface area (Å²) in [5.41, 5.74) is 0.640. The number of hydrogen-bond donors (Lipinski definition) is 4. The van der Waals surface area contributed by atoms with Crippen LogP contribution >= 0.6 is 0 Å². The van der Waals surface area contributed by atoms with E-state index in [1.165, 1.54) is 5.06 Å². The maximum atomic E-state index is 11.0. The van der Waals surface area contributed by atoms with E-state index in [-0.39, 0.29) is 0 Å². The van der Waals surface area contributed by atoms with Gasteiger partial charge in [-0.1, -0.05) is 18.2 Å². The van der Waals surface area contributed by atoms with Gasteiger partial charge in [0.25, 0.3) is 0 Å². The van der Waals surface area contributed by atoms with E-state index in [9.17, 15) is 20.1 Å². The predicted octanol–water partition coefficient (Wildman–Crippen LogP) is -1.05. The first-order valence-electron chi connectivity index (χ1n) is 6.30. The summed E-state index contributed by atoms with van der Waals surface area (Å²) < 4.78 is 5.01. The quantitative estimate of drug-likeness (QED) is 0.520. The van der Waals surface area contributed by atoms with Crippen molar-refractivity contribution in [1.82, 2.24) is 0 Å². The lowest BCUT2D eigenvalue weighted by Gasteiger charge is -2.39. The molecule has 0 aliphatic carbocycles. The Morgan fingerprint density at radius 1 is 1.14 bits per heavy atom. The minimum Gasteiger partial charge on any atom is -0.479 e. The molecule has 1 fully saturated rings. The van der Waals surface area contributed by atoms with Crippen molar-refractivity contribution in [3.63, 3.8) is 0 Å². The van der Waals surface area contributed by atoms with E-state index in [2.05, 4.69) is 0 Å². The molecule has 8 heteroatoms. The number of carboxylic acids is 1. The van der Waals surface area contributed by atoms with E-state index in [0.717, 1.165) is 0 Å². The van der Waals surface area contributed by atoms with Crippen LogP contribution in [0, 0.1) is 0 Å². The van der Waals surface area contributed by atoms with Crippen molar-refractivity contribution in [2.24, 2.45) is 0 Å². The SMILES string of the molecule is CN(OC1O[C@H](C(=O)O)[C@@H](O)[C@H](O)[C@H]1O)c1ccccc1. The van der Waals surface area contributed by atoms with Gasteiger partial charge in [0.15, 0.2) is 6.10 Å². The van der Waals surface area contributed by atoms with Crippen molar-refractivity contribution in [1.29, 1.82) is 0 Å². The summed E-state index contributed by atoms with van der Waals surface area (Å²) in [6, 6.07) is 8.81. The molecular weight excluding hydrogens is 282 g/mol. The fraction of sp³-hybridized carbons (Fsp3) is 0.462. The Morgan fingerprint density at radius 3 is 2.33 bits per heavy atom. The van der Waals surface area contributed by atoms with Crippen LogP contribution in [0.1, 0.15) is 0 Å². The number of hydrogen-bond acceptors (Lipinski definition) is 7. The number of rotatable bonds is 4. The molecule has 1 heterocycles. The van der Waals surface area contributed by atoms with E-state index in [0.29, 0.717) is 5.69 Å². The third-order valence-corrected chi connectivity index (χ3v) is 3.19. The van der Waals surface area contributed by atoms with Gasteiger partial charge in [-0.3, -0.25) is 5.06 Å². The van der Waals surface area contributed by atoms with E-state index < -0.39 is 36.7 Å². The highest BCUT2D eigenvalue weighted by atomic mass is 16.8. The molecular formula is C13H17NO7. The summed E-state index contributed by atoms with van der Waals surface area (Å²) in [4.78, 5) is 16.3.